The highest BCUT2D eigenvalue weighted by Crippen LogP contribution is 2.16. The predicted octanol–water partition coefficient (Wildman–Crippen LogP) is 1.74. The number of sulfonamides is 1. The third-order valence-electron chi connectivity index (χ3n) is 1.95. The zero-order valence-electron chi connectivity index (χ0n) is 8.95. The molecule has 1 rings (SSSR count). The highest BCUT2D eigenvalue weighted by Gasteiger charge is 2.31. The van der Waals surface area contributed by atoms with E-state index in [4.69, 9.17) is 23.2 Å². The Kier molecular flexibility index (Phi) is 4.71. The third-order valence-corrected chi connectivity index (χ3v) is 4.70. The van der Waals surface area contributed by atoms with E-state index in [1.807, 2.05) is 0 Å². The molecule has 0 aliphatic rings. The molecule has 8 heteroatoms. The molecule has 0 aliphatic heterocycles. The highest BCUT2D eigenvalue weighted by molar-refractivity contribution is 7.89. The molecule has 0 amide bonds. The zero-order valence-corrected chi connectivity index (χ0v) is 11.3. The van der Waals surface area contributed by atoms with Crippen LogP contribution in [0.4, 0.5) is 4.39 Å². The van der Waals surface area contributed by atoms with Crippen LogP contribution in [0.15, 0.2) is 23.4 Å². The summed E-state index contributed by atoms with van der Waals surface area (Å²) in [6.07, 6.45) is 1.19. The predicted molar refractivity (Wildman–Crippen MR) is 64.4 cm³/mol. The quantitative estimate of drug-likeness (QED) is 0.843. The number of halogens is 3. The number of hydrogen-bond acceptors (Lipinski definition) is 3. The van der Waals surface area contributed by atoms with E-state index in [9.17, 15) is 12.8 Å². The van der Waals surface area contributed by atoms with Crippen molar-refractivity contribution in [3.63, 3.8) is 0 Å². The SMILES string of the molecule is CC(CCl)(CCl)NS(=O)(=O)c1ncccc1F. The summed E-state index contributed by atoms with van der Waals surface area (Å²) in [6, 6.07) is 2.32. The van der Waals surface area contributed by atoms with Gasteiger partial charge in [0, 0.05) is 18.0 Å². The number of aromatic nitrogens is 1. The molecule has 96 valence electrons. The standard InChI is InChI=1S/C9H11Cl2FN2O2S/c1-9(5-10,6-11)14-17(15,16)8-7(12)3-2-4-13-8/h2-4,14H,5-6H2,1H3. The molecule has 1 heterocycles. The fourth-order valence-electron chi connectivity index (χ4n) is 1.03. The monoisotopic (exact) mass is 300 g/mol. The van der Waals surface area contributed by atoms with Gasteiger partial charge in [0.25, 0.3) is 10.0 Å². The van der Waals surface area contributed by atoms with Crippen LogP contribution in [0, 0.1) is 5.82 Å². The van der Waals surface area contributed by atoms with Gasteiger partial charge in [-0.1, -0.05) is 0 Å². The van der Waals surface area contributed by atoms with Crippen molar-refractivity contribution in [2.45, 2.75) is 17.5 Å². The molecule has 0 atom stereocenters. The smallest absolute Gasteiger partial charge is 0.241 e. The molecule has 1 aromatic heterocycles. The average Bonchev–Trinajstić information content (AvgIpc) is 2.28. The molecular weight excluding hydrogens is 290 g/mol. The fourth-order valence-corrected chi connectivity index (χ4v) is 3.02. The lowest BCUT2D eigenvalue weighted by atomic mass is 10.1. The van der Waals surface area contributed by atoms with Crippen LogP contribution in [0.2, 0.25) is 0 Å². The van der Waals surface area contributed by atoms with Gasteiger partial charge in [-0.2, -0.15) is 0 Å². The Morgan fingerprint density at radius 1 is 1.47 bits per heavy atom. The van der Waals surface area contributed by atoms with E-state index >= 15 is 0 Å². The van der Waals surface area contributed by atoms with Gasteiger partial charge in [0.15, 0.2) is 5.82 Å². The van der Waals surface area contributed by atoms with Gasteiger partial charge in [0.1, 0.15) is 0 Å². The second kappa shape index (κ2) is 5.48. The van der Waals surface area contributed by atoms with Crippen LogP contribution < -0.4 is 4.72 Å². The van der Waals surface area contributed by atoms with Gasteiger partial charge in [-0.05, 0) is 19.1 Å². The van der Waals surface area contributed by atoms with E-state index < -0.39 is 26.4 Å². The molecule has 0 unspecified atom stereocenters. The Balaban J connectivity index is 3.10. The van der Waals surface area contributed by atoms with Crippen molar-refractivity contribution < 1.29 is 12.8 Å². The molecule has 0 fully saturated rings. The third kappa shape index (κ3) is 3.51. The lowest BCUT2D eigenvalue weighted by Gasteiger charge is -2.25. The van der Waals surface area contributed by atoms with Crippen molar-refractivity contribution in [2.75, 3.05) is 11.8 Å². The number of rotatable bonds is 5. The first-order chi connectivity index (χ1) is 7.84. The normalized spacial score (nSPS) is 12.7. The molecule has 0 radical (unpaired) electrons. The number of pyridine rings is 1. The maximum atomic E-state index is 13.3. The first-order valence-corrected chi connectivity index (χ1v) is 7.16. The first kappa shape index (κ1) is 14.6. The van der Waals surface area contributed by atoms with E-state index in [0.29, 0.717) is 0 Å². The lowest BCUT2D eigenvalue weighted by Crippen LogP contribution is -2.49. The second-order valence-electron chi connectivity index (χ2n) is 3.72. The number of nitrogens with zero attached hydrogens (tertiary/aromatic N) is 1. The largest absolute Gasteiger partial charge is 0.261 e. The summed E-state index contributed by atoms with van der Waals surface area (Å²) >= 11 is 11.2. The Bertz CT molecular complexity index is 492. The summed E-state index contributed by atoms with van der Waals surface area (Å²) in [7, 11) is -4.08. The maximum absolute atomic E-state index is 13.3. The van der Waals surface area contributed by atoms with E-state index in [-0.39, 0.29) is 11.8 Å². The van der Waals surface area contributed by atoms with Crippen molar-refractivity contribution in [2.24, 2.45) is 0 Å². The number of hydrogen-bond donors (Lipinski definition) is 1. The summed E-state index contributed by atoms with van der Waals surface area (Å²) < 4.78 is 39.3. The van der Waals surface area contributed by atoms with Crippen LogP contribution in [0.25, 0.3) is 0 Å². The second-order valence-corrected chi connectivity index (χ2v) is 5.86. The molecular formula is C9H11Cl2FN2O2S. The van der Waals surface area contributed by atoms with Crippen molar-refractivity contribution >= 4 is 33.2 Å². The number of alkyl halides is 2. The minimum absolute atomic E-state index is 0.0375. The van der Waals surface area contributed by atoms with Gasteiger partial charge < -0.3 is 0 Å². The van der Waals surface area contributed by atoms with E-state index in [0.717, 1.165) is 6.07 Å². The van der Waals surface area contributed by atoms with Crippen LogP contribution in [-0.4, -0.2) is 30.7 Å². The Morgan fingerprint density at radius 2 is 2.06 bits per heavy atom. The zero-order chi connectivity index (χ0) is 13.1. The molecule has 17 heavy (non-hydrogen) atoms. The van der Waals surface area contributed by atoms with Crippen molar-refractivity contribution in [3.8, 4) is 0 Å². The van der Waals surface area contributed by atoms with Gasteiger partial charge in [0.2, 0.25) is 5.03 Å². The number of nitrogens with one attached hydrogen (secondary N) is 1. The van der Waals surface area contributed by atoms with Crippen LogP contribution in [0.5, 0.6) is 0 Å². The minimum Gasteiger partial charge on any atom is -0.241 e. The molecule has 0 saturated carbocycles. The van der Waals surface area contributed by atoms with Crippen LogP contribution in [-0.2, 0) is 10.0 Å². The van der Waals surface area contributed by atoms with Gasteiger partial charge >= 0.3 is 0 Å². The summed E-state index contributed by atoms with van der Waals surface area (Å²) in [5.74, 6) is -1.000. The van der Waals surface area contributed by atoms with Gasteiger partial charge in [-0.3, -0.25) is 0 Å². The molecule has 0 bridgehead atoms. The molecule has 1 aromatic rings. The van der Waals surface area contributed by atoms with E-state index in [1.54, 1.807) is 0 Å². The maximum Gasteiger partial charge on any atom is 0.261 e. The summed E-state index contributed by atoms with van der Waals surface area (Å²) in [6.45, 7) is 1.52. The Hall–Kier alpha value is -0.430. The molecule has 4 nitrogen and oxygen atoms in total. The minimum atomic E-state index is -4.08. The molecule has 0 spiro atoms. The van der Waals surface area contributed by atoms with Crippen LogP contribution >= 0.6 is 23.2 Å². The highest BCUT2D eigenvalue weighted by atomic mass is 35.5. The van der Waals surface area contributed by atoms with Crippen molar-refractivity contribution in [3.05, 3.63) is 24.1 Å². The van der Waals surface area contributed by atoms with Crippen molar-refractivity contribution in [1.29, 1.82) is 0 Å². The Morgan fingerprint density at radius 3 is 2.53 bits per heavy atom. The molecule has 0 saturated heterocycles. The average molecular weight is 301 g/mol. The summed E-state index contributed by atoms with van der Waals surface area (Å²) in [5.41, 5.74) is -1.05. The molecule has 1 N–H and O–H groups in total. The topological polar surface area (TPSA) is 59.1 Å². The molecule has 0 aromatic carbocycles. The first-order valence-electron chi connectivity index (χ1n) is 4.61. The molecule has 0 aliphatic carbocycles. The van der Waals surface area contributed by atoms with Crippen LogP contribution in [0.3, 0.4) is 0 Å². The van der Waals surface area contributed by atoms with Crippen LogP contribution in [0.1, 0.15) is 6.92 Å². The fraction of sp³-hybridized carbons (Fsp3) is 0.444. The van der Waals surface area contributed by atoms with E-state index in [1.165, 1.54) is 19.2 Å². The van der Waals surface area contributed by atoms with Gasteiger partial charge in [-0.15, -0.1) is 23.2 Å². The van der Waals surface area contributed by atoms with E-state index in [2.05, 4.69) is 9.71 Å². The summed E-state index contributed by atoms with van der Waals surface area (Å²) in [4.78, 5) is 3.49. The van der Waals surface area contributed by atoms with Gasteiger partial charge in [-0.25, -0.2) is 22.5 Å². The lowest BCUT2D eigenvalue weighted by molar-refractivity contribution is 0.489. The van der Waals surface area contributed by atoms with Crippen molar-refractivity contribution in [1.82, 2.24) is 9.71 Å². The van der Waals surface area contributed by atoms with Gasteiger partial charge in [0.05, 0.1) is 5.54 Å². The summed E-state index contributed by atoms with van der Waals surface area (Å²) in [5, 5.41) is -0.665. The Labute approximate surface area is 109 Å².